The van der Waals surface area contributed by atoms with Crippen molar-refractivity contribution in [1.29, 1.82) is 0 Å². The minimum absolute atomic E-state index is 0.606. The Kier molecular flexibility index (Phi) is 7.73. The number of furan rings is 1. The second kappa shape index (κ2) is 13.3. The topological polar surface area (TPSA) is 55.1 Å². The van der Waals surface area contributed by atoms with Crippen molar-refractivity contribution >= 4 is 49.8 Å². The summed E-state index contributed by atoms with van der Waals surface area (Å²) in [6.07, 6.45) is 0. The molecular weight excluding hydrogens is 661 g/mol. The summed E-state index contributed by atoms with van der Waals surface area (Å²) in [4.78, 5) is 17.2. The van der Waals surface area contributed by atoms with Crippen LogP contribution in [0.25, 0.3) is 78.0 Å². The first kappa shape index (κ1) is 31.4. The Morgan fingerprint density at radius 3 is 1.41 bits per heavy atom. The Morgan fingerprint density at radius 2 is 0.796 bits per heavy atom. The van der Waals surface area contributed by atoms with E-state index in [4.69, 9.17) is 19.4 Å². The molecule has 5 nitrogen and oxygen atoms in total. The summed E-state index contributed by atoms with van der Waals surface area (Å²) in [6, 6.07) is 66.9. The second-order valence-electron chi connectivity index (χ2n) is 13.2. The number of aromatic nitrogens is 3. The molecule has 0 saturated carbocycles. The number of hydrogen-bond donors (Lipinski definition) is 0. The third-order valence-corrected chi connectivity index (χ3v) is 9.90. The summed E-state index contributed by atoms with van der Waals surface area (Å²) < 4.78 is 6.70. The average Bonchev–Trinajstić information content (AvgIpc) is 3.63. The normalized spacial score (nSPS) is 11.3. The van der Waals surface area contributed by atoms with E-state index in [1.807, 2.05) is 78.9 Å². The zero-order valence-electron chi connectivity index (χ0n) is 29.2. The number of nitrogens with zero attached hydrogens (tertiary/aromatic N) is 4. The number of fused-ring (bicyclic) bond motifs is 5. The van der Waals surface area contributed by atoms with Gasteiger partial charge < -0.3 is 9.32 Å². The molecule has 5 heteroatoms. The van der Waals surface area contributed by atoms with Crippen LogP contribution < -0.4 is 4.90 Å². The molecule has 0 aliphatic carbocycles. The Bertz CT molecular complexity index is 2850. The lowest BCUT2D eigenvalue weighted by Crippen LogP contribution is -2.10. The highest BCUT2D eigenvalue weighted by Gasteiger charge is 2.21. The molecule has 0 aliphatic rings. The van der Waals surface area contributed by atoms with Gasteiger partial charge in [0.05, 0.1) is 5.69 Å². The van der Waals surface area contributed by atoms with Gasteiger partial charge in [0, 0.05) is 50.3 Å². The summed E-state index contributed by atoms with van der Waals surface area (Å²) in [6.45, 7) is 0. The zero-order chi connectivity index (χ0) is 35.8. The van der Waals surface area contributed by atoms with Gasteiger partial charge in [-0.15, -0.1) is 0 Å². The van der Waals surface area contributed by atoms with Gasteiger partial charge in [0.15, 0.2) is 17.5 Å². The molecule has 10 rings (SSSR count). The van der Waals surface area contributed by atoms with E-state index in [9.17, 15) is 0 Å². The lowest BCUT2D eigenvalue weighted by Gasteiger charge is -2.27. The molecule has 0 aliphatic heterocycles. The zero-order valence-corrected chi connectivity index (χ0v) is 29.2. The summed E-state index contributed by atoms with van der Waals surface area (Å²) in [7, 11) is 0. The minimum Gasteiger partial charge on any atom is -0.456 e. The van der Waals surface area contributed by atoms with E-state index in [1.165, 1.54) is 11.1 Å². The van der Waals surface area contributed by atoms with Crippen molar-refractivity contribution in [3.8, 4) is 45.3 Å². The molecule has 2 aromatic heterocycles. The van der Waals surface area contributed by atoms with Gasteiger partial charge in [0.2, 0.25) is 0 Å². The molecule has 2 heterocycles. The molecular formula is C49H32N4O. The van der Waals surface area contributed by atoms with E-state index < -0.39 is 0 Å². The fourth-order valence-corrected chi connectivity index (χ4v) is 7.32. The molecule has 0 saturated heterocycles. The maximum atomic E-state index is 6.70. The fraction of sp³-hybridized carbons (Fsp3) is 0. The van der Waals surface area contributed by atoms with E-state index in [0.717, 1.165) is 66.5 Å². The molecule has 54 heavy (non-hydrogen) atoms. The van der Waals surface area contributed by atoms with Gasteiger partial charge in [-0.3, -0.25) is 0 Å². The predicted molar refractivity (Wildman–Crippen MR) is 221 cm³/mol. The molecule has 10 aromatic rings. The van der Waals surface area contributed by atoms with Gasteiger partial charge in [0.1, 0.15) is 11.2 Å². The van der Waals surface area contributed by atoms with Crippen LogP contribution in [0.1, 0.15) is 0 Å². The highest BCUT2D eigenvalue weighted by atomic mass is 16.3. The number of anilines is 3. The molecule has 8 aromatic carbocycles. The van der Waals surface area contributed by atoms with E-state index in [-0.39, 0.29) is 0 Å². The first-order valence-corrected chi connectivity index (χ1v) is 18.0. The number of para-hydroxylation sites is 1. The first-order valence-electron chi connectivity index (χ1n) is 18.0. The monoisotopic (exact) mass is 692 g/mol. The Morgan fingerprint density at radius 1 is 0.333 bits per heavy atom. The van der Waals surface area contributed by atoms with Gasteiger partial charge in [-0.2, -0.15) is 0 Å². The molecule has 0 spiro atoms. The highest BCUT2D eigenvalue weighted by Crippen LogP contribution is 2.45. The summed E-state index contributed by atoms with van der Waals surface area (Å²) in [5, 5.41) is 4.28. The van der Waals surface area contributed by atoms with Gasteiger partial charge in [-0.1, -0.05) is 146 Å². The van der Waals surface area contributed by atoms with Crippen LogP contribution in [-0.4, -0.2) is 15.0 Å². The minimum atomic E-state index is 0.606. The molecule has 0 radical (unpaired) electrons. The molecule has 0 amide bonds. The van der Waals surface area contributed by atoms with Crippen LogP contribution in [0.15, 0.2) is 199 Å². The second-order valence-corrected chi connectivity index (χ2v) is 13.2. The van der Waals surface area contributed by atoms with E-state index >= 15 is 0 Å². The molecule has 0 N–H and O–H groups in total. The van der Waals surface area contributed by atoms with Gasteiger partial charge in [-0.05, 0) is 59.0 Å². The Labute approximate surface area is 312 Å². The van der Waals surface area contributed by atoms with Crippen molar-refractivity contribution in [3.05, 3.63) is 194 Å². The van der Waals surface area contributed by atoms with Crippen LogP contribution in [0.2, 0.25) is 0 Å². The SMILES string of the molecule is c1ccc(-c2ccc(N(c3ccccc3)c3cc4oc5ccc(-c6nc(-c7ccccc7)nc(-c7ccccc7)n6)cc5c4c4ccccc34)cc2)cc1. The number of rotatable bonds is 7. The van der Waals surface area contributed by atoms with Crippen molar-refractivity contribution in [1.82, 2.24) is 15.0 Å². The van der Waals surface area contributed by atoms with Crippen molar-refractivity contribution in [2.75, 3.05) is 4.90 Å². The summed E-state index contributed by atoms with van der Waals surface area (Å²) in [5.74, 6) is 1.86. The highest BCUT2D eigenvalue weighted by molar-refractivity contribution is 6.22. The van der Waals surface area contributed by atoms with Crippen molar-refractivity contribution < 1.29 is 4.42 Å². The standard InChI is InChI=1S/C49H32N4O/c1-5-15-33(16-6-1)34-25-28-39(29-26-34)53(38-21-11-4-12-22-38)43-32-45-46(41-24-14-13-23-40(41)43)42-31-37(27-30-44(42)54-45)49-51-47(35-17-7-2-8-18-35)50-48(52-49)36-19-9-3-10-20-36/h1-32H. The number of benzene rings is 8. The predicted octanol–water partition coefficient (Wildman–Crippen LogP) is 13.1. The maximum Gasteiger partial charge on any atom is 0.164 e. The summed E-state index contributed by atoms with van der Waals surface area (Å²) >= 11 is 0. The molecule has 0 bridgehead atoms. The van der Waals surface area contributed by atoms with Crippen molar-refractivity contribution in [2.45, 2.75) is 0 Å². The lowest BCUT2D eigenvalue weighted by molar-refractivity contribution is 0.669. The lowest BCUT2D eigenvalue weighted by atomic mass is 9.99. The van der Waals surface area contributed by atoms with E-state index in [2.05, 4.69) is 120 Å². The third-order valence-electron chi connectivity index (χ3n) is 9.90. The van der Waals surface area contributed by atoms with Crippen molar-refractivity contribution in [3.63, 3.8) is 0 Å². The fourth-order valence-electron chi connectivity index (χ4n) is 7.32. The average molecular weight is 693 g/mol. The molecule has 0 atom stereocenters. The van der Waals surface area contributed by atoms with Crippen LogP contribution in [0.3, 0.4) is 0 Å². The maximum absolute atomic E-state index is 6.70. The molecule has 254 valence electrons. The Hall–Kier alpha value is -7.37. The molecule has 0 unspecified atom stereocenters. The van der Waals surface area contributed by atoms with Gasteiger partial charge in [-0.25, -0.2) is 15.0 Å². The molecule has 0 fully saturated rings. The van der Waals surface area contributed by atoms with Crippen LogP contribution >= 0.6 is 0 Å². The van der Waals surface area contributed by atoms with Crippen LogP contribution in [0.5, 0.6) is 0 Å². The number of hydrogen-bond acceptors (Lipinski definition) is 5. The summed E-state index contributed by atoms with van der Waals surface area (Å²) in [5.41, 5.74) is 9.88. The Balaban J connectivity index is 1.15. The first-order chi connectivity index (χ1) is 26.8. The van der Waals surface area contributed by atoms with E-state index in [0.29, 0.717) is 17.5 Å². The smallest absolute Gasteiger partial charge is 0.164 e. The van der Waals surface area contributed by atoms with Gasteiger partial charge >= 0.3 is 0 Å². The van der Waals surface area contributed by atoms with Crippen LogP contribution in [0, 0.1) is 0 Å². The van der Waals surface area contributed by atoms with Gasteiger partial charge in [0.25, 0.3) is 0 Å². The quantitative estimate of drug-likeness (QED) is 0.166. The third kappa shape index (κ3) is 5.65. The van der Waals surface area contributed by atoms with E-state index in [1.54, 1.807) is 0 Å². The van der Waals surface area contributed by atoms with Crippen LogP contribution in [0.4, 0.5) is 17.1 Å². The van der Waals surface area contributed by atoms with Crippen molar-refractivity contribution in [2.24, 2.45) is 0 Å². The van der Waals surface area contributed by atoms with Crippen LogP contribution in [-0.2, 0) is 0 Å². The largest absolute Gasteiger partial charge is 0.456 e.